The first kappa shape index (κ1) is 24.3. The minimum Gasteiger partial charge on any atom is -0.350 e. The van der Waals surface area contributed by atoms with E-state index in [1.54, 1.807) is 0 Å². The number of rotatable bonds is 12. The maximum atomic E-state index is 6.52. The van der Waals surface area contributed by atoms with Crippen LogP contribution in [-0.2, 0) is 20.7 Å². The lowest BCUT2D eigenvalue weighted by molar-refractivity contribution is -0.364. The van der Waals surface area contributed by atoms with E-state index in [9.17, 15) is 0 Å². The minimum absolute atomic E-state index is 0.0973. The quantitative estimate of drug-likeness (QED) is 0.391. The first-order chi connectivity index (χ1) is 13.9. The van der Waals surface area contributed by atoms with Crippen molar-refractivity contribution in [2.45, 2.75) is 103 Å². The summed E-state index contributed by atoms with van der Waals surface area (Å²) in [6.07, 6.45) is 6.59. The molecule has 1 fully saturated rings. The average molecular weight is 406 g/mol. The highest BCUT2D eigenvalue weighted by Crippen LogP contribution is 2.49. The molecule has 0 unspecified atom stereocenters. The van der Waals surface area contributed by atoms with E-state index in [2.05, 4.69) is 76.9 Å². The van der Waals surface area contributed by atoms with Gasteiger partial charge in [-0.05, 0) is 51.5 Å². The Balaban J connectivity index is 2.22. The molecule has 0 bridgehead atoms. The Bertz CT molecular complexity index is 575. The van der Waals surface area contributed by atoms with Crippen molar-refractivity contribution in [2.75, 3.05) is 19.8 Å². The van der Waals surface area contributed by atoms with Crippen LogP contribution in [0, 0.1) is 0 Å². The summed E-state index contributed by atoms with van der Waals surface area (Å²) < 4.78 is 12.9. The van der Waals surface area contributed by atoms with E-state index in [0.717, 1.165) is 58.2 Å². The Morgan fingerprint density at radius 3 is 1.93 bits per heavy atom. The SMILES string of the molecule is CCCOC1(OCCC)CC(C)(C)N(OCCc2ccccc2)C(CC)(CC)C1. The van der Waals surface area contributed by atoms with Crippen molar-refractivity contribution >= 4 is 0 Å². The molecule has 0 radical (unpaired) electrons. The topological polar surface area (TPSA) is 30.9 Å². The molecule has 2 rings (SSSR count). The van der Waals surface area contributed by atoms with E-state index in [1.165, 1.54) is 5.56 Å². The maximum Gasteiger partial charge on any atom is 0.171 e. The molecule has 1 aliphatic heterocycles. The van der Waals surface area contributed by atoms with Crippen LogP contribution in [0.15, 0.2) is 30.3 Å². The highest BCUT2D eigenvalue weighted by molar-refractivity contribution is 5.14. The molecule has 0 aromatic heterocycles. The molecule has 1 aliphatic rings. The van der Waals surface area contributed by atoms with E-state index >= 15 is 0 Å². The van der Waals surface area contributed by atoms with Crippen molar-refractivity contribution in [3.05, 3.63) is 35.9 Å². The van der Waals surface area contributed by atoms with Gasteiger partial charge in [0.25, 0.3) is 0 Å². The van der Waals surface area contributed by atoms with E-state index in [-0.39, 0.29) is 11.1 Å². The zero-order valence-corrected chi connectivity index (χ0v) is 19.6. The molecule has 0 atom stereocenters. The number of nitrogens with zero attached hydrogens (tertiary/aromatic N) is 1. The summed E-state index contributed by atoms with van der Waals surface area (Å²) in [5.74, 6) is -0.527. The number of hydrogen-bond donors (Lipinski definition) is 0. The Morgan fingerprint density at radius 1 is 0.828 bits per heavy atom. The normalized spacial score (nSPS) is 20.6. The second-order valence-electron chi connectivity index (χ2n) is 9.07. The molecular weight excluding hydrogens is 362 g/mol. The van der Waals surface area contributed by atoms with Crippen molar-refractivity contribution < 1.29 is 14.3 Å². The van der Waals surface area contributed by atoms with Gasteiger partial charge in [-0.1, -0.05) is 58.0 Å². The molecule has 4 nitrogen and oxygen atoms in total. The molecule has 4 heteroatoms. The molecule has 1 heterocycles. The molecule has 0 amide bonds. The number of hydroxylamine groups is 2. The van der Waals surface area contributed by atoms with Crippen LogP contribution >= 0.6 is 0 Å². The van der Waals surface area contributed by atoms with Crippen LogP contribution in [0.1, 0.15) is 85.6 Å². The second kappa shape index (κ2) is 10.9. The van der Waals surface area contributed by atoms with Crippen molar-refractivity contribution in [3.63, 3.8) is 0 Å². The van der Waals surface area contributed by atoms with E-state index in [0.29, 0.717) is 6.61 Å². The van der Waals surface area contributed by atoms with Gasteiger partial charge in [-0.2, -0.15) is 5.06 Å². The summed E-state index contributed by atoms with van der Waals surface area (Å²) in [6, 6.07) is 10.6. The number of hydrogen-bond acceptors (Lipinski definition) is 4. The van der Waals surface area contributed by atoms with Gasteiger partial charge < -0.3 is 9.47 Å². The fraction of sp³-hybridized carbons (Fsp3) is 0.760. The molecule has 0 aliphatic carbocycles. The molecule has 166 valence electrons. The summed E-state index contributed by atoms with van der Waals surface area (Å²) in [5, 5.41) is 2.30. The Kier molecular flexibility index (Phi) is 9.15. The van der Waals surface area contributed by atoms with Crippen LogP contribution in [-0.4, -0.2) is 41.7 Å². The van der Waals surface area contributed by atoms with Crippen LogP contribution in [0.3, 0.4) is 0 Å². The van der Waals surface area contributed by atoms with Crippen LogP contribution in [0.25, 0.3) is 0 Å². The third-order valence-corrected chi connectivity index (χ3v) is 6.19. The molecule has 1 saturated heterocycles. The molecule has 29 heavy (non-hydrogen) atoms. The Hall–Kier alpha value is -0.940. The fourth-order valence-corrected chi connectivity index (χ4v) is 4.83. The third kappa shape index (κ3) is 6.04. The summed E-state index contributed by atoms with van der Waals surface area (Å²) in [4.78, 5) is 6.52. The van der Waals surface area contributed by atoms with Gasteiger partial charge in [0.05, 0.1) is 12.1 Å². The molecule has 0 saturated carbocycles. The lowest BCUT2D eigenvalue weighted by Crippen LogP contribution is -2.68. The van der Waals surface area contributed by atoms with Crippen LogP contribution < -0.4 is 0 Å². The maximum absolute atomic E-state index is 6.52. The first-order valence-corrected chi connectivity index (χ1v) is 11.6. The summed E-state index contributed by atoms with van der Waals surface area (Å²) in [7, 11) is 0. The van der Waals surface area contributed by atoms with E-state index in [4.69, 9.17) is 14.3 Å². The Labute approximate surface area is 178 Å². The van der Waals surface area contributed by atoms with Crippen molar-refractivity contribution in [3.8, 4) is 0 Å². The third-order valence-electron chi connectivity index (χ3n) is 6.19. The monoisotopic (exact) mass is 405 g/mol. The van der Waals surface area contributed by atoms with E-state index in [1.807, 2.05) is 0 Å². The Morgan fingerprint density at radius 2 is 1.41 bits per heavy atom. The van der Waals surface area contributed by atoms with Gasteiger partial charge in [0.1, 0.15) is 0 Å². The van der Waals surface area contributed by atoms with Crippen molar-refractivity contribution in [1.29, 1.82) is 0 Å². The number of piperidine rings is 1. The molecule has 0 N–H and O–H groups in total. The van der Waals surface area contributed by atoms with Crippen molar-refractivity contribution in [2.24, 2.45) is 0 Å². The fourth-order valence-electron chi connectivity index (χ4n) is 4.83. The lowest BCUT2D eigenvalue weighted by atomic mass is 9.73. The molecular formula is C25H43NO3. The average Bonchev–Trinajstić information content (AvgIpc) is 2.72. The zero-order chi connectivity index (χ0) is 21.4. The minimum atomic E-state index is -0.527. The number of benzene rings is 1. The van der Waals surface area contributed by atoms with E-state index < -0.39 is 5.79 Å². The summed E-state index contributed by atoms with van der Waals surface area (Å²) in [5.41, 5.74) is 1.04. The molecule has 1 aromatic rings. The van der Waals surface area contributed by atoms with Gasteiger partial charge in [0.15, 0.2) is 5.79 Å². The van der Waals surface area contributed by atoms with Gasteiger partial charge in [0, 0.05) is 31.6 Å². The van der Waals surface area contributed by atoms with Crippen LogP contribution in [0.2, 0.25) is 0 Å². The van der Waals surface area contributed by atoms with Gasteiger partial charge >= 0.3 is 0 Å². The summed E-state index contributed by atoms with van der Waals surface area (Å²) >= 11 is 0. The largest absolute Gasteiger partial charge is 0.350 e. The van der Waals surface area contributed by atoms with Gasteiger partial charge in [-0.25, -0.2) is 0 Å². The highest BCUT2D eigenvalue weighted by Gasteiger charge is 2.57. The molecule has 1 aromatic carbocycles. The first-order valence-electron chi connectivity index (χ1n) is 11.6. The zero-order valence-electron chi connectivity index (χ0n) is 19.6. The second-order valence-corrected chi connectivity index (χ2v) is 9.07. The van der Waals surface area contributed by atoms with Crippen LogP contribution in [0.4, 0.5) is 0 Å². The smallest absolute Gasteiger partial charge is 0.171 e. The number of ether oxygens (including phenoxy) is 2. The predicted octanol–water partition coefficient (Wildman–Crippen LogP) is 6.14. The van der Waals surface area contributed by atoms with Gasteiger partial charge in [0.2, 0.25) is 0 Å². The van der Waals surface area contributed by atoms with Crippen molar-refractivity contribution in [1.82, 2.24) is 5.06 Å². The van der Waals surface area contributed by atoms with Gasteiger partial charge in [-0.3, -0.25) is 4.84 Å². The van der Waals surface area contributed by atoms with Gasteiger partial charge in [-0.15, -0.1) is 0 Å². The predicted molar refractivity (Wildman–Crippen MR) is 120 cm³/mol. The highest BCUT2D eigenvalue weighted by atomic mass is 16.7. The molecule has 0 spiro atoms. The van der Waals surface area contributed by atoms with Crippen LogP contribution in [0.5, 0.6) is 0 Å². The lowest BCUT2D eigenvalue weighted by Gasteiger charge is -2.59. The standard InChI is InChI=1S/C25H43NO3/c1-7-17-27-25(28-18-8-2)20-23(5,6)26(24(9-3,10-4)21-25)29-19-16-22-14-12-11-13-15-22/h11-15H,7-10,16-21H2,1-6H3. The summed E-state index contributed by atoms with van der Waals surface area (Å²) in [6.45, 7) is 15.6.